The van der Waals surface area contributed by atoms with Crippen molar-refractivity contribution in [2.45, 2.75) is 70.1 Å². The molecule has 6 rings (SSSR count). The van der Waals surface area contributed by atoms with Crippen molar-refractivity contribution in [1.82, 2.24) is 14.8 Å². The van der Waals surface area contributed by atoms with Gasteiger partial charge in [-0.15, -0.1) is 0 Å². The highest BCUT2D eigenvalue weighted by Gasteiger charge is 2.52. The minimum atomic E-state index is -4.11. The maximum absolute atomic E-state index is 15.9. The maximum atomic E-state index is 15.9. The highest BCUT2D eigenvalue weighted by molar-refractivity contribution is 7.91. The number of ether oxygens (including phenoxy) is 1. The van der Waals surface area contributed by atoms with Gasteiger partial charge in [-0.05, 0) is 70.7 Å². The van der Waals surface area contributed by atoms with Crippen LogP contribution in [-0.2, 0) is 29.8 Å². The molecule has 0 amide bonds. The third kappa shape index (κ3) is 5.99. The predicted molar refractivity (Wildman–Crippen MR) is 165 cm³/mol. The molecular formula is C31H33BF2N4O6S. The first-order valence-electron chi connectivity index (χ1n) is 14.7. The van der Waals surface area contributed by atoms with Crippen molar-refractivity contribution >= 4 is 45.1 Å². The number of anilines is 1. The summed E-state index contributed by atoms with van der Waals surface area (Å²) in [4.78, 5) is 18.6. The number of pyridine rings is 1. The number of aromatic nitrogens is 3. The Balaban J connectivity index is 1.41. The van der Waals surface area contributed by atoms with Crippen molar-refractivity contribution < 1.29 is 36.0 Å². The number of sulfonamides is 1. The molecule has 2 saturated heterocycles. The van der Waals surface area contributed by atoms with E-state index in [-0.39, 0.29) is 16.7 Å². The number of carbonyl (C=O) groups excluding carboxylic acids is 1. The van der Waals surface area contributed by atoms with E-state index >= 15 is 8.78 Å². The van der Waals surface area contributed by atoms with Crippen LogP contribution in [0, 0.1) is 11.6 Å². The van der Waals surface area contributed by atoms with Gasteiger partial charge < -0.3 is 14.0 Å². The fraction of sp³-hybridized carbons (Fsp3) is 0.387. The topological polar surface area (TPSA) is 122 Å². The predicted octanol–water partition coefficient (Wildman–Crippen LogP) is 4.88. The van der Waals surface area contributed by atoms with Crippen LogP contribution in [0.3, 0.4) is 0 Å². The largest absolute Gasteiger partial charge is 0.496 e. The molecule has 2 aromatic heterocycles. The zero-order valence-electron chi connectivity index (χ0n) is 25.3. The molecule has 1 unspecified atom stereocenters. The van der Waals surface area contributed by atoms with Crippen molar-refractivity contribution in [3.63, 3.8) is 0 Å². The Morgan fingerprint density at radius 2 is 1.78 bits per heavy atom. The van der Waals surface area contributed by atoms with Crippen LogP contribution in [0.25, 0.3) is 11.0 Å². The number of rotatable bonds is 8. The number of nitrogens with zero attached hydrogens (tertiary/aromatic N) is 3. The van der Waals surface area contributed by atoms with E-state index in [0.29, 0.717) is 24.1 Å². The fourth-order valence-corrected chi connectivity index (χ4v) is 6.58. The van der Waals surface area contributed by atoms with Crippen LogP contribution in [-0.4, -0.2) is 53.9 Å². The second-order valence-corrected chi connectivity index (χ2v) is 14.0. The number of fused-ring (bicyclic) bond motifs is 1. The van der Waals surface area contributed by atoms with Gasteiger partial charge in [0.25, 0.3) is 0 Å². The quantitative estimate of drug-likeness (QED) is 0.214. The van der Waals surface area contributed by atoms with E-state index in [1.54, 1.807) is 42.6 Å². The first-order valence-corrected chi connectivity index (χ1v) is 16.3. The molecule has 45 heavy (non-hydrogen) atoms. The van der Waals surface area contributed by atoms with Crippen LogP contribution in [0.1, 0.15) is 74.8 Å². The molecule has 2 aliphatic heterocycles. The average molecular weight is 639 g/mol. The van der Waals surface area contributed by atoms with Gasteiger partial charge in [-0.2, -0.15) is 5.10 Å². The SMILES string of the molecule is CC1(C)OB(c2cnc3c(c2)c(C(=O)c2c(F)ccc(NS(=O)(=O)Cc4ccccc4)c2F)nn3C2CCCCO2)OC1(C)C. The van der Waals surface area contributed by atoms with Gasteiger partial charge >= 0.3 is 7.12 Å². The number of hydrogen-bond acceptors (Lipinski definition) is 8. The molecule has 236 valence electrons. The van der Waals surface area contributed by atoms with E-state index in [9.17, 15) is 13.2 Å². The Bertz CT molecular complexity index is 1860. The van der Waals surface area contributed by atoms with Gasteiger partial charge in [0.2, 0.25) is 15.8 Å². The summed E-state index contributed by atoms with van der Waals surface area (Å²) >= 11 is 0. The van der Waals surface area contributed by atoms with E-state index in [2.05, 4.69) is 14.8 Å². The summed E-state index contributed by atoms with van der Waals surface area (Å²) in [5, 5.41) is 4.70. The van der Waals surface area contributed by atoms with Crippen molar-refractivity contribution in [3.8, 4) is 0 Å². The molecule has 0 saturated carbocycles. The molecule has 0 spiro atoms. The maximum Gasteiger partial charge on any atom is 0.496 e. The van der Waals surface area contributed by atoms with Crippen LogP contribution < -0.4 is 10.2 Å². The first-order chi connectivity index (χ1) is 21.3. The molecule has 10 nitrogen and oxygen atoms in total. The number of benzene rings is 2. The Hall–Kier alpha value is -3.72. The summed E-state index contributed by atoms with van der Waals surface area (Å²) in [6.45, 7) is 8.09. The Labute approximate surface area is 260 Å². The van der Waals surface area contributed by atoms with E-state index < -0.39 is 69.0 Å². The molecule has 1 N–H and O–H groups in total. The van der Waals surface area contributed by atoms with Crippen molar-refractivity contribution in [2.24, 2.45) is 0 Å². The van der Waals surface area contributed by atoms with E-state index in [0.717, 1.165) is 25.0 Å². The summed E-state index contributed by atoms with van der Waals surface area (Å²) in [5.74, 6) is -4.06. The van der Waals surface area contributed by atoms with Crippen molar-refractivity contribution in [2.75, 3.05) is 11.3 Å². The van der Waals surface area contributed by atoms with E-state index in [1.807, 2.05) is 27.7 Å². The monoisotopic (exact) mass is 638 g/mol. The average Bonchev–Trinajstić information content (AvgIpc) is 3.48. The zero-order chi connectivity index (χ0) is 32.1. The van der Waals surface area contributed by atoms with Gasteiger partial charge in [0, 0.05) is 18.3 Å². The zero-order valence-corrected chi connectivity index (χ0v) is 26.2. The molecule has 0 bridgehead atoms. The Morgan fingerprint density at radius 1 is 1.07 bits per heavy atom. The van der Waals surface area contributed by atoms with Crippen LogP contribution in [0.5, 0.6) is 0 Å². The van der Waals surface area contributed by atoms with E-state index in [1.165, 1.54) is 4.68 Å². The highest BCUT2D eigenvalue weighted by atomic mass is 32.2. The minimum Gasteiger partial charge on any atom is -0.399 e. The molecule has 4 heterocycles. The lowest BCUT2D eigenvalue weighted by molar-refractivity contribution is -0.0371. The molecule has 4 aromatic rings. The summed E-state index contributed by atoms with van der Waals surface area (Å²) in [7, 11) is -4.93. The number of halogens is 2. The molecule has 2 fully saturated rings. The number of hydrogen-bond donors (Lipinski definition) is 1. The summed E-state index contributed by atoms with van der Waals surface area (Å²) in [5.41, 5.74) is -1.84. The summed E-state index contributed by atoms with van der Waals surface area (Å²) in [6, 6.07) is 11.7. The lowest BCUT2D eigenvalue weighted by Gasteiger charge is -2.32. The lowest BCUT2D eigenvalue weighted by atomic mass is 9.80. The molecule has 0 aliphatic carbocycles. The summed E-state index contributed by atoms with van der Waals surface area (Å²) < 4.78 is 78.7. The van der Waals surface area contributed by atoms with Gasteiger partial charge in [0.05, 0.1) is 33.6 Å². The third-order valence-electron chi connectivity index (χ3n) is 8.52. The standard InChI is InChI=1S/C31H33BF2N4O6S/c1-30(2)31(3,4)44-32(43-30)20-16-21-27(36-38(29(21)35-17-20)24-12-8-9-15-42-24)28(39)25-22(33)13-14-23(26(25)34)37-45(40,41)18-19-10-6-5-7-11-19/h5-7,10-11,13-14,16-17,24,37H,8-9,12,15,18H2,1-4H3. The summed E-state index contributed by atoms with van der Waals surface area (Å²) in [6.07, 6.45) is 3.35. The molecule has 2 aromatic carbocycles. The third-order valence-corrected chi connectivity index (χ3v) is 9.76. The second-order valence-electron chi connectivity index (χ2n) is 12.3. The van der Waals surface area contributed by atoms with Gasteiger partial charge in [0.15, 0.2) is 17.7 Å². The first kappa shape index (κ1) is 31.3. The number of ketones is 1. The van der Waals surface area contributed by atoms with Crippen molar-refractivity contribution in [3.05, 3.63) is 83.2 Å². The van der Waals surface area contributed by atoms with Crippen LogP contribution in [0.2, 0.25) is 0 Å². The fourth-order valence-electron chi connectivity index (χ4n) is 5.39. The van der Waals surface area contributed by atoms with Crippen LogP contribution in [0.15, 0.2) is 54.7 Å². The van der Waals surface area contributed by atoms with Gasteiger partial charge in [-0.3, -0.25) is 9.52 Å². The highest BCUT2D eigenvalue weighted by Crippen LogP contribution is 2.37. The number of carbonyl (C=O) groups is 1. The van der Waals surface area contributed by atoms with Crippen molar-refractivity contribution in [1.29, 1.82) is 0 Å². The van der Waals surface area contributed by atoms with Gasteiger partial charge in [-0.1, -0.05) is 30.3 Å². The molecule has 2 aliphatic rings. The molecule has 0 radical (unpaired) electrons. The van der Waals surface area contributed by atoms with Crippen LogP contribution >= 0.6 is 0 Å². The Kier molecular flexibility index (Phi) is 8.05. The normalized spacial score (nSPS) is 19.6. The minimum absolute atomic E-state index is 0.218. The Morgan fingerprint density at radius 3 is 2.44 bits per heavy atom. The second kappa shape index (κ2) is 11.6. The van der Waals surface area contributed by atoms with Gasteiger partial charge in [0.1, 0.15) is 11.5 Å². The smallest absolute Gasteiger partial charge is 0.399 e. The lowest BCUT2D eigenvalue weighted by Crippen LogP contribution is -2.41. The molecule has 1 atom stereocenters. The van der Waals surface area contributed by atoms with Gasteiger partial charge in [-0.25, -0.2) is 26.9 Å². The van der Waals surface area contributed by atoms with E-state index in [4.69, 9.17) is 14.0 Å². The number of nitrogens with one attached hydrogen (secondary N) is 1. The molecular weight excluding hydrogens is 605 g/mol. The van der Waals surface area contributed by atoms with Crippen LogP contribution in [0.4, 0.5) is 14.5 Å². The molecule has 14 heteroatoms.